The van der Waals surface area contributed by atoms with Crippen LogP contribution < -0.4 is 15.4 Å². The number of hydrogen-bond donors (Lipinski definition) is 2. The molecule has 38 heavy (non-hydrogen) atoms. The molecule has 3 aromatic rings. The molecule has 0 aliphatic carbocycles. The number of halogens is 5. The second-order valence-corrected chi connectivity index (χ2v) is 9.31. The van der Waals surface area contributed by atoms with Crippen LogP contribution in [0.15, 0.2) is 66.7 Å². The molecular weight excluding hydrogens is 503 g/mol. The fourth-order valence-electron chi connectivity index (χ4n) is 4.58. The van der Waals surface area contributed by atoms with Gasteiger partial charge in [-0.2, -0.15) is 13.2 Å². The number of hydrogen-bond acceptors (Lipinski definition) is 4. The Balaban J connectivity index is 1.25. The van der Waals surface area contributed by atoms with Gasteiger partial charge in [0.05, 0.1) is 25.4 Å². The highest BCUT2D eigenvalue weighted by Crippen LogP contribution is 2.32. The third kappa shape index (κ3) is 7.75. The van der Waals surface area contributed by atoms with E-state index < -0.39 is 17.6 Å². The van der Waals surface area contributed by atoms with Gasteiger partial charge in [-0.25, -0.2) is 8.78 Å². The molecule has 9 heteroatoms. The molecule has 0 bridgehead atoms. The lowest BCUT2D eigenvalue weighted by atomic mass is 9.86. The van der Waals surface area contributed by atoms with Crippen molar-refractivity contribution in [2.24, 2.45) is 0 Å². The van der Waals surface area contributed by atoms with Gasteiger partial charge >= 0.3 is 6.18 Å². The van der Waals surface area contributed by atoms with Gasteiger partial charge in [0, 0.05) is 37.0 Å². The first-order valence-corrected chi connectivity index (χ1v) is 12.6. The molecule has 204 valence electrons. The van der Waals surface area contributed by atoms with E-state index in [1.807, 2.05) is 24.3 Å². The maximum atomic E-state index is 13.6. The maximum absolute atomic E-state index is 13.6. The fourth-order valence-corrected chi connectivity index (χ4v) is 4.58. The van der Waals surface area contributed by atoms with Crippen molar-refractivity contribution < 1.29 is 31.4 Å². The normalized spacial score (nSPS) is 17.9. The van der Waals surface area contributed by atoms with Gasteiger partial charge in [-0.05, 0) is 54.4 Å². The van der Waals surface area contributed by atoms with E-state index in [1.54, 1.807) is 18.2 Å². The predicted octanol–water partition coefficient (Wildman–Crippen LogP) is 6.20. The Morgan fingerprint density at radius 1 is 0.921 bits per heavy atom. The van der Waals surface area contributed by atoms with Crippen LogP contribution >= 0.6 is 0 Å². The Morgan fingerprint density at radius 3 is 2.47 bits per heavy atom. The number of ether oxygens (including phenoxy) is 2. The molecule has 0 radical (unpaired) electrons. The molecule has 2 atom stereocenters. The third-order valence-corrected chi connectivity index (χ3v) is 6.61. The average Bonchev–Trinajstić information content (AvgIpc) is 2.91. The zero-order valence-electron chi connectivity index (χ0n) is 20.9. The summed E-state index contributed by atoms with van der Waals surface area (Å²) in [4.78, 5) is 0. The van der Waals surface area contributed by atoms with Gasteiger partial charge in [0.15, 0.2) is 0 Å². The minimum atomic E-state index is -4.73. The van der Waals surface area contributed by atoms with Crippen molar-refractivity contribution in [1.82, 2.24) is 10.6 Å². The van der Waals surface area contributed by atoms with Gasteiger partial charge in [-0.3, -0.25) is 0 Å². The SMILES string of the molecule is Fc1ccccc1COCCCOc1ccc(C2CCNCC2NCc2ccc(F)c(C(F)(F)F)c2)cc1. The number of piperidine rings is 1. The quantitative estimate of drug-likeness (QED) is 0.227. The predicted molar refractivity (Wildman–Crippen MR) is 135 cm³/mol. The van der Waals surface area contributed by atoms with Crippen molar-refractivity contribution in [2.45, 2.75) is 44.1 Å². The topological polar surface area (TPSA) is 42.5 Å². The molecule has 0 spiro atoms. The molecule has 1 aliphatic heterocycles. The highest BCUT2D eigenvalue weighted by molar-refractivity contribution is 5.31. The van der Waals surface area contributed by atoms with Crippen LogP contribution in [0.2, 0.25) is 0 Å². The first-order valence-electron chi connectivity index (χ1n) is 12.6. The summed E-state index contributed by atoms with van der Waals surface area (Å²) in [6.45, 7) is 2.84. The zero-order chi connectivity index (χ0) is 27.0. The smallest absolute Gasteiger partial charge is 0.419 e. The Labute approximate surface area is 219 Å². The van der Waals surface area contributed by atoms with E-state index >= 15 is 0 Å². The molecule has 1 fully saturated rings. The fraction of sp³-hybridized carbons (Fsp3) is 0.379. The van der Waals surface area contributed by atoms with Gasteiger partial charge in [0.2, 0.25) is 0 Å². The van der Waals surface area contributed by atoms with Crippen LogP contribution in [0.3, 0.4) is 0 Å². The number of alkyl halides is 3. The van der Waals surface area contributed by atoms with Crippen molar-refractivity contribution in [3.8, 4) is 5.75 Å². The number of benzene rings is 3. The van der Waals surface area contributed by atoms with Crippen LogP contribution in [0, 0.1) is 11.6 Å². The second kappa shape index (κ2) is 13.2. The molecule has 4 nitrogen and oxygen atoms in total. The standard InChI is InChI=1S/C29H31F5N2O2/c30-26-5-2-1-4-22(26)19-37-14-3-15-38-23-9-7-21(8-10-23)24-12-13-35-18-28(24)36-17-20-6-11-27(31)25(16-20)29(32,33)34/h1-2,4-11,16,24,28,35-36H,3,12-15,17-19H2. The van der Waals surface area contributed by atoms with E-state index in [1.165, 1.54) is 12.1 Å². The highest BCUT2D eigenvalue weighted by Gasteiger charge is 2.34. The number of nitrogens with one attached hydrogen (secondary N) is 2. The van der Waals surface area contributed by atoms with Gasteiger partial charge in [0.1, 0.15) is 17.4 Å². The molecule has 1 heterocycles. The maximum Gasteiger partial charge on any atom is 0.419 e. The Morgan fingerprint density at radius 2 is 1.71 bits per heavy atom. The van der Waals surface area contributed by atoms with Crippen LogP contribution in [-0.2, 0) is 24.1 Å². The van der Waals surface area contributed by atoms with E-state index in [9.17, 15) is 22.0 Å². The summed E-state index contributed by atoms with van der Waals surface area (Å²) < 4.78 is 77.7. The minimum Gasteiger partial charge on any atom is -0.494 e. The van der Waals surface area contributed by atoms with Crippen molar-refractivity contribution in [2.75, 3.05) is 26.3 Å². The van der Waals surface area contributed by atoms with Gasteiger partial charge in [0.25, 0.3) is 0 Å². The molecular formula is C29H31F5N2O2. The molecule has 3 aromatic carbocycles. The summed E-state index contributed by atoms with van der Waals surface area (Å²) in [7, 11) is 0. The molecule has 0 amide bonds. The van der Waals surface area contributed by atoms with Gasteiger partial charge < -0.3 is 20.1 Å². The molecule has 0 saturated carbocycles. The lowest BCUT2D eigenvalue weighted by Gasteiger charge is -2.33. The second-order valence-electron chi connectivity index (χ2n) is 9.31. The summed E-state index contributed by atoms with van der Waals surface area (Å²) in [5.74, 6) is -0.649. The van der Waals surface area contributed by atoms with Crippen LogP contribution in [0.5, 0.6) is 5.75 Å². The monoisotopic (exact) mass is 534 g/mol. The van der Waals surface area contributed by atoms with Crippen LogP contribution in [-0.4, -0.2) is 32.3 Å². The van der Waals surface area contributed by atoms with E-state index in [-0.39, 0.29) is 30.9 Å². The van der Waals surface area contributed by atoms with Crippen LogP contribution in [0.25, 0.3) is 0 Å². The summed E-state index contributed by atoms with van der Waals surface area (Å²) in [6.07, 6.45) is -3.20. The highest BCUT2D eigenvalue weighted by atomic mass is 19.4. The molecule has 0 aromatic heterocycles. The summed E-state index contributed by atoms with van der Waals surface area (Å²) >= 11 is 0. The van der Waals surface area contributed by atoms with Gasteiger partial charge in [-0.15, -0.1) is 0 Å². The van der Waals surface area contributed by atoms with Crippen LogP contribution in [0.4, 0.5) is 22.0 Å². The van der Waals surface area contributed by atoms with Crippen molar-refractivity contribution >= 4 is 0 Å². The minimum absolute atomic E-state index is 0.00140. The van der Waals surface area contributed by atoms with E-state index in [0.29, 0.717) is 37.3 Å². The molecule has 1 saturated heterocycles. The molecule has 1 aliphatic rings. The Kier molecular flexibility index (Phi) is 9.71. The molecule has 2 N–H and O–H groups in total. The Hall–Kier alpha value is -3.01. The van der Waals surface area contributed by atoms with Crippen LogP contribution in [0.1, 0.15) is 41.0 Å². The molecule has 2 unspecified atom stereocenters. The summed E-state index contributed by atoms with van der Waals surface area (Å²) in [5.41, 5.74) is 0.769. The van der Waals surface area contributed by atoms with Gasteiger partial charge in [-0.1, -0.05) is 36.4 Å². The first kappa shape index (κ1) is 28.0. The van der Waals surface area contributed by atoms with Crippen molar-refractivity contribution in [1.29, 1.82) is 0 Å². The Bertz CT molecular complexity index is 1170. The molecule has 4 rings (SSSR count). The zero-order valence-corrected chi connectivity index (χ0v) is 20.9. The lowest BCUT2D eigenvalue weighted by Crippen LogP contribution is -2.47. The van der Waals surface area contributed by atoms with E-state index in [4.69, 9.17) is 9.47 Å². The van der Waals surface area contributed by atoms with E-state index in [2.05, 4.69) is 10.6 Å². The third-order valence-electron chi connectivity index (χ3n) is 6.61. The largest absolute Gasteiger partial charge is 0.494 e. The summed E-state index contributed by atoms with van der Waals surface area (Å²) in [5, 5.41) is 6.67. The number of rotatable bonds is 11. The first-order chi connectivity index (χ1) is 18.3. The van der Waals surface area contributed by atoms with Crippen molar-refractivity contribution in [3.05, 3.63) is 101 Å². The van der Waals surface area contributed by atoms with E-state index in [0.717, 1.165) is 36.4 Å². The van der Waals surface area contributed by atoms with Crippen molar-refractivity contribution in [3.63, 3.8) is 0 Å². The average molecular weight is 535 g/mol. The lowest BCUT2D eigenvalue weighted by molar-refractivity contribution is -0.140. The summed E-state index contributed by atoms with van der Waals surface area (Å²) in [6, 6.07) is 17.5.